The molecule has 8 nitrogen and oxygen atoms in total. The highest BCUT2D eigenvalue weighted by molar-refractivity contribution is 5.92. The number of rotatable bonds is 5. The minimum Gasteiger partial charge on any atom is -0.278 e. The van der Waals surface area contributed by atoms with Crippen LogP contribution in [0.15, 0.2) is 91.8 Å². The third-order valence-corrected chi connectivity index (χ3v) is 6.65. The van der Waals surface area contributed by atoms with Crippen LogP contribution in [-0.4, -0.2) is 38.9 Å². The number of imidazole rings is 2. The van der Waals surface area contributed by atoms with Gasteiger partial charge in [-0.3, -0.25) is 8.97 Å². The molecule has 4 aromatic heterocycles. The lowest BCUT2D eigenvalue weighted by Gasteiger charge is -2.11. The van der Waals surface area contributed by atoms with Crippen molar-refractivity contribution >= 4 is 27.8 Å². The van der Waals surface area contributed by atoms with Gasteiger partial charge in [-0.25, -0.2) is 29.9 Å². The fraction of sp³-hybridized carbons (Fsp3) is 0.103. The van der Waals surface area contributed by atoms with Gasteiger partial charge in [0.05, 0.1) is 27.8 Å². The Labute approximate surface area is 212 Å². The maximum Gasteiger partial charge on any atom is 0.220 e. The lowest BCUT2D eigenvalue weighted by Crippen LogP contribution is -2.03. The smallest absolute Gasteiger partial charge is 0.220 e. The van der Waals surface area contributed by atoms with Crippen LogP contribution in [0.2, 0.25) is 0 Å². The van der Waals surface area contributed by atoms with Crippen LogP contribution in [0.1, 0.15) is 28.3 Å². The van der Waals surface area contributed by atoms with E-state index in [9.17, 15) is 0 Å². The van der Waals surface area contributed by atoms with Gasteiger partial charge in [0.25, 0.3) is 0 Å². The first-order valence-electron chi connectivity index (χ1n) is 12.1. The van der Waals surface area contributed by atoms with E-state index in [2.05, 4.69) is 101 Å². The van der Waals surface area contributed by atoms with Crippen LogP contribution >= 0.6 is 0 Å². The van der Waals surface area contributed by atoms with Gasteiger partial charge in [-0.05, 0) is 53.9 Å². The fourth-order valence-electron chi connectivity index (χ4n) is 4.88. The van der Waals surface area contributed by atoms with Crippen LogP contribution in [0, 0.1) is 6.92 Å². The highest BCUT2D eigenvalue weighted by Gasteiger charge is 2.18. The van der Waals surface area contributed by atoms with Gasteiger partial charge in [0.1, 0.15) is 24.3 Å². The molecule has 0 amide bonds. The van der Waals surface area contributed by atoms with Crippen molar-refractivity contribution in [3.8, 4) is 5.69 Å². The summed E-state index contributed by atoms with van der Waals surface area (Å²) in [6, 6.07) is 23.3. The quantitative estimate of drug-likeness (QED) is 0.347. The van der Waals surface area contributed by atoms with Crippen LogP contribution < -0.4 is 0 Å². The number of fused-ring (bicyclic) bond motifs is 5. The number of hydrogen-bond acceptors (Lipinski definition) is 6. The molecule has 0 saturated heterocycles. The van der Waals surface area contributed by atoms with Crippen molar-refractivity contribution < 1.29 is 0 Å². The number of nitrogens with zero attached hydrogens (tertiary/aromatic N) is 8. The second-order valence-electron chi connectivity index (χ2n) is 9.10. The Morgan fingerprint density at radius 3 is 2.16 bits per heavy atom. The summed E-state index contributed by atoms with van der Waals surface area (Å²) in [5.74, 6) is 2.37. The molecule has 7 rings (SSSR count). The van der Waals surface area contributed by atoms with Crippen LogP contribution in [0.4, 0.5) is 0 Å². The summed E-state index contributed by atoms with van der Waals surface area (Å²) in [6.45, 7) is 2.14. The Balaban J connectivity index is 1.28. The molecular formula is C29H22N8. The summed E-state index contributed by atoms with van der Waals surface area (Å²) in [4.78, 5) is 26.4. The first kappa shape index (κ1) is 21.3. The van der Waals surface area contributed by atoms with Crippen molar-refractivity contribution in [3.05, 3.63) is 120 Å². The molecule has 0 atom stereocenters. The standard InChI is InChI=1S/C29H22N8/c1-19-10-11-20(13-27-31-15-21(16-32-27)14-28-33-17-30-18-34-28)12-26(19)37-25-9-5-4-8-24(25)36-23-7-3-2-6-22(23)35-29(36)37/h2-12,15-18H,13-14H2,1H3. The van der Waals surface area contributed by atoms with E-state index in [0.29, 0.717) is 18.7 Å². The van der Waals surface area contributed by atoms with Crippen molar-refractivity contribution in [3.63, 3.8) is 0 Å². The van der Waals surface area contributed by atoms with Crippen molar-refractivity contribution in [2.75, 3.05) is 0 Å². The number of aromatic nitrogens is 8. The monoisotopic (exact) mass is 482 g/mol. The van der Waals surface area contributed by atoms with Gasteiger partial charge in [-0.15, -0.1) is 0 Å². The number of aryl methyl sites for hydroxylation is 1. The minimum atomic E-state index is 0.576. The van der Waals surface area contributed by atoms with Gasteiger partial charge < -0.3 is 0 Å². The van der Waals surface area contributed by atoms with E-state index in [4.69, 9.17) is 4.98 Å². The highest BCUT2D eigenvalue weighted by Crippen LogP contribution is 2.30. The van der Waals surface area contributed by atoms with Crippen molar-refractivity contribution in [1.82, 2.24) is 38.9 Å². The zero-order valence-electron chi connectivity index (χ0n) is 20.2. The molecule has 0 saturated carbocycles. The van der Waals surface area contributed by atoms with Crippen LogP contribution in [0.25, 0.3) is 33.5 Å². The van der Waals surface area contributed by atoms with E-state index in [1.165, 1.54) is 18.2 Å². The molecule has 0 aliphatic heterocycles. The molecule has 8 heteroatoms. The van der Waals surface area contributed by atoms with Crippen molar-refractivity contribution in [2.24, 2.45) is 0 Å². The SMILES string of the molecule is Cc1ccc(Cc2ncc(Cc3ncncn3)cn2)cc1-n1c2ccccc2n2c3ccccc3nc12. The van der Waals surface area contributed by atoms with Gasteiger partial charge >= 0.3 is 0 Å². The number of para-hydroxylation sites is 4. The van der Waals surface area contributed by atoms with Gasteiger partial charge in [-0.1, -0.05) is 36.4 Å². The van der Waals surface area contributed by atoms with E-state index in [1.54, 1.807) is 0 Å². The second kappa shape index (κ2) is 8.60. The first-order chi connectivity index (χ1) is 18.2. The average molecular weight is 483 g/mol. The summed E-state index contributed by atoms with van der Waals surface area (Å²) >= 11 is 0. The second-order valence-corrected chi connectivity index (χ2v) is 9.10. The number of hydrogen-bond donors (Lipinski definition) is 0. The maximum atomic E-state index is 5.01. The summed E-state index contributed by atoms with van der Waals surface area (Å²) in [7, 11) is 0. The largest absolute Gasteiger partial charge is 0.278 e. The van der Waals surface area contributed by atoms with Gasteiger partial charge in [0, 0.05) is 25.2 Å². The Hall–Kier alpha value is -4.98. The highest BCUT2D eigenvalue weighted by atomic mass is 15.2. The summed E-state index contributed by atoms with van der Waals surface area (Å²) in [6.07, 6.45) is 7.90. The van der Waals surface area contributed by atoms with Crippen molar-refractivity contribution in [1.29, 1.82) is 0 Å². The molecule has 178 valence electrons. The predicted octanol–water partition coefficient (Wildman–Crippen LogP) is 4.90. The summed E-state index contributed by atoms with van der Waals surface area (Å²) < 4.78 is 4.50. The first-order valence-corrected chi connectivity index (χ1v) is 12.1. The summed E-state index contributed by atoms with van der Waals surface area (Å²) in [5, 5.41) is 0. The van der Waals surface area contributed by atoms with E-state index in [0.717, 1.165) is 50.5 Å². The average Bonchev–Trinajstić information content (AvgIpc) is 3.46. The molecule has 0 fully saturated rings. The molecule has 0 aliphatic rings. The molecule has 0 spiro atoms. The molecule has 4 heterocycles. The van der Waals surface area contributed by atoms with Gasteiger partial charge in [0.2, 0.25) is 5.78 Å². The third kappa shape index (κ3) is 3.70. The van der Waals surface area contributed by atoms with Crippen molar-refractivity contribution in [2.45, 2.75) is 19.8 Å². The lowest BCUT2D eigenvalue weighted by molar-refractivity contribution is 0.888. The third-order valence-electron chi connectivity index (χ3n) is 6.65. The lowest BCUT2D eigenvalue weighted by atomic mass is 10.1. The Kier molecular flexibility index (Phi) is 4.95. The molecule has 0 N–H and O–H groups in total. The topological polar surface area (TPSA) is 86.7 Å². The molecule has 0 unspecified atom stereocenters. The van der Waals surface area contributed by atoms with Crippen LogP contribution in [-0.2, 0) is 12.8 Å². The minimum absolute atomic E-state index is 0.576. The van der Waals surface area contributed by atoms with E-state index < -0.39 is 0 Å². The van der Waals surface area contributed by atoms with E-state index in [-0.39, 0.29) is 0 Å². The predicted molar refractivity (Wildman–Crippen MR) is 142 cm³/mol. The normalized spacial score (nSPS) is 11.6. The Bertz CT molecular complexity index is 1890. The summed E-state index contributed by atoms with van der Waals surface area (Å²) in [5.41, 5.74) is 8.72. The molecule has 0 bridgehead atoms. The fourth-order valence-corrected chi connectivity index (χ4v) is 4.88. The van der Waals surface area contributed by atoms with E-state index >= 15 is 0 Å². The molecule has 0 radical (unpaired) electrons. The molecule has 0 aliphatic carbocycles. The van der Waals surface area contributed by atoms with Gasteiger partial charge in [-0.2, -0.15) is 0 Å². The Morgan fingerprint density at radius 2 is 1.35 bits per heavy atom. The molecule has 3 aromatic carbocycles. The zero-order chi connectivity index (χ0) is 24.8. The maximum absolute atomic E-state index is 5.01. The molecule has 37 heavy (non-hydrogen) atoms. The van der Waals surface area contributed by atoms with E-state index in [1.807, 2.05) is 18.5 Å². The zero-order valence-corrected chi connectivity index (χ0v) is 20.2. The molecular weight excluding hydrogens is 460 g/mol. The van der Waals surface area contributed by atoms with Crippen LogP contribution in [0.5, 0.6) is 0 Å². The Morgan fingerprint density at radius 1 is 0.676 bits per heavy atom. The van der Waals surface area contributed by atoms with Gasteiger partial charge in [0.15, 0.2) is 0 Å². The molecule has 7 aromatic rings. The van der Waals surface area contributed by atoms with Crippen LogP contribution in [0.3, 0.4) is 0 Å². The number of benzene rings is 3.